The molecule has 0 radical (unpaired) electrons. The van der Waals surface area contributed by atoms with Gasteiger partial charge in [-0.05, 0) is 50.4 Å². The summed E-state index contributed by atoms with van der Waals surface area (Å²) in [6.45, 7) is 4.13. The topological polar surface area (TPSA) is 35.5 Å². The van der Waals surface area contributed by atoms with Gasteiger partial charge in [-0.15, -0.1) is 0 Å². The predicted molar refractivity (Wildman–Crippen MR) is 77.3 cm³/mol. The Balaban J connectivity index is 1.57. The van der Waals surface area contributed by atoms with Crippen LogP contribution < -0.4 is 5.32 Å². The monoisotopic (exact) mass is 260 g/mol. The third-order valence-corrected chi connectivity index (χ3v) is 4.68. The van der Waals surface area contributed by atoms with Crippen molar-refractivity contribution in [3.63, 3.8) is 0 Å². The van der Waals surface area contributed by atoms with Gasteiger partial charge in [-0.1, -0.05) is 30.3 Å². The molecule has 0 aromatic heterocycles. The zero-order valence-corrected chi connectivity index (χ0v) is 11.5. The number of hydrogen-bond acceptors (Lipinski definition) is 3. The molecule has 0 bridgehead atoms. The number of hydrogen-bond donors (Lipinski definition) is 2. The van der Waals surface area contributed by atoms with Gasteiger partial charge in [-0.25, -0.2) is 0 Å². The molecule has 0 aliphatic carbocycles. The van der Waals surface area contributed by atoms with Crippen LogP contribution >= 0.6 is 0 Å². The minimum atomic E-state index is -0.144. The molecule has 0 amide bonds. The molecule has 2 fully saturated rings. The van der Waals surface area contributed by atoms with Gasteiger partial charge in [0.1, 0.15) is 0 Å². The largest absolute Gasteiger partial charge is 0.391 e. The third kappa shape index (κ3) is 2.99. The maximum absolute atomic E-state index is 10.1. The first-order valence-corrected chi connectivity index (χ1v) is 7.52. The molecule has 2 aliphatic heterocycles. The lowest BCUT2D eigenvalue weighted by molar-refractivity contribution is 0.0167. The number of rotatable bonds is 2. The lowest BCUT2D eigenvalue weighted by atomic mass is 9.88. The predicted octanol–water partition coefficient (Wildman–Crippen LogP) is 1.59. The van der Waals surface area contributed by atoms with Gasteiger partial charge in [0, 0.05) is 12.6 Å². The summed E-state index contributed by atoms with van der Waals surface area (Å²) >= 11 is 0. The zero-order chi connectivity index (χ0) is 13.1. The minimum Gasteiger partial charge on any atom is -0.391 e. The van der Waals surface area contributed by atoms with Crippen molar-refractivity contribution in [1.82, 2.24) is 10.2 Å². The van der Waals surface area contributed by atoms with Gasteiger partial charge < -0.3 is 10.4 Å². The van der Waals surface area contributed by atoms with E-state index in [0.717, 1.165) is 32.6 Å². The fourth-order valence-corrected chi connectivity index (χ4v) is 3.49. The zero-order valence-electron chi connectivity index (χ0n) is 11.5. The highest BCUT2D eigenvalue weighted by Gasteiger charge is 2.31. The van der Waals surface area contributed by atoms with Gasteiger partial charge in [-0.3, -0.25) is 4.90 Å². The van der Waals surface area contributed by atoms with Crippen molar-refractivity contribution in [3.8, 4) is 0 Å². The first kappa shape index (κ1) is 13.1. The number of aliphatic hydroxyl groups excluding tert-OH is 1. The van der Waals surface area contributed by atoms with Crippen molar-refractivity contribution >= 4 is 0 Å². The lowest BCUT2D eigenvalue weighted by Gasteiger charge is -2.41. The van der Waals surface area contributed by atoms with Crippen LogP contribution in [-0.2, 0) is 0 Å². The Morgan fingerprint density at radius 3 is 2.47 bits per heavy atom. The van der Waals surface area contributed by atoms with E-state index in [4.69, 9.17) is 0 Å². The molecule has 3 heteroatoms. The van der Waals surface area contributed by atoms with Gasteiger partial charge in [0.05, 0.1) is 6.10 Å². The Kier molecular flexibility index (Phi) is 4.16. The van der Waals surface area contributed by atoms with Gasteiger partial charge in [0.15, 0.2) is 0 Å². The molecule has 2 heterocycles. The van der Waals surface area contributed by atoms with Crippen molar-refractivity contribution in [2.45, 2.75) is 37.3 Å². The van der Waals surface area contributed by atoms with E-state index in [0.29, 0.717) is 12.0 Å². The molecule has 1 aromatic rings. The van der Waals surface area contributed by atoms with Crippen LogP contribution in [-0.4, -0.2) is 48.3 Å². The highest BCUT2D eigenvalue weighted by atomic mass is 16.3. The second kappa shape index (κ2) is 6.04. The molecule has 0 saturated carbocycles. The van der Waals surface area contributed by atoms with Crippen LogP contribution in [0.2, 0.25) is 0 Å². The van der Waals surface area contributed by atoms with Crippen LogP contribution in [0.1, 0.15) is 30.7 Å². The van der Waals surface area contributed by atoms with E-state index in [1.54, 1.807) is 0 Å². The molecule has 104 valence electrons. The average Bonchev–Trinajstić information content (AvgIpc) is 2.49. The molecule has 0 spiro atoms. The molecule has 0 unspecified atom stereocenters. The molecule has 2 aliphatic rings. The van der Waals surface area contributed by atoms with E-state index < -0.39 is 0 Å². The number of aliphatic hydroxyl groups is 1. The number of piperidine rings is 2. The van der Waals surface area contributed by atoms with Crippen LogP contribution in [0.3, 0.4) is 0 Å². The van der Waals surface area contributed by atoms with Crippen molar-refractivity contribution in [1.29, 1.82) is 0 Å². The number of benzene rings is 1. The van der Waals surface area contributed by atoms with Crippen molar-refractivity contribution < 1.29 is 5.11 Å². The number of likely N-dealkylation sites (tertiary alicyclic amines) is 1. The summed E-state index contributed by atoms with van der Waals surface area (Å²) in [5.74, 6) is 0.700. The van der Waals surface area contributed by atoms with Crippen molar-refractivity contribution in [3.05, 3.63) is 35.9 Å². The van der Waals surface area contributed by atoms with Crippen molar-refractivity contribution in [2.24, 2.45) is 0 Å². The molecule has 19 heavy (non-hydrogen) atoms. The molecular weight excluding hydrogens is 236 g/mol. The van der Waals surface area contributed by atoms with E-state index in [1.165, 1.54) is 18.4 Å². The summed E-state index contributed by atoms with van der Waals surface area (Å²) in [4.78, 5) is 2.48. The fraction of sp³-hybridized carbons (Fsp3) is 0.625. The van der Waals surface area contributed by atoms with E-state index in [2.05, 4.69) is 40.5 Å². The fourth-order valence-electron chi connectivity index (χ4n) is 3.49. The van der Waals surface area contributed by atoms with E-state index in [1.807, 2.05) is 0 Å². The number of nitrogens with one attached hydrogen (secondary N) is 1. The summed E-state index contributed by atoms with van der Waals surface area (Å²) in [6, 6.07) is 11.2. The molecule has 3 rings (SSSR count). The van der Waals surface area contributed by atoms with E-state index in [-0.39, 0.29) is 6.10 Å². The van der Waals surface area contributed by atoms with Gasteiger partial charge >= 0.3 is 0 Å². The smallest absolute Gasteiger partial charge is 0.0719 e. The number of nitrogens with zero attached hydrogens (tertiary/aromatic N) is 1. The summed E-state index contributed by atoms with van der Waals surface area (Å²) in [6.07, 6.45) is 3.18. The highest BCUT2D eigenvalue weighted by molar-refractivity contribution is 5.20. The van der Waals surface area contributed by atoms with Crippen LogP contribution in [0.5, 0.6) is 0 Å². The normalized spacial score (nSPS) is 30.4. The molecule has 2 atom stereocenters. The highest BCUT2D eigenvalue weighted by Crippen LogP contribution is 2.29. The maximum Gasteiger partial charge on any atom is 0.0719 e. The Labute approximate surface area is 115 Å². The van der Waals surface area contributed by atoms with Gasteiger partial charge in [0.25, 0.3) is 0 Å². The third-order valence-electron chi connectivity index (χ3n) is 4.68. The molecule has 2 saturated heterocycles. The molecule has 3 nitrogen and oxygen atoms in total. The Bertz CT molecular complexity index is 387. The Hall–Kier alpha value is -0.900. The first-order valence-electron chi connectivity index (χ1n) is 7.52. The van der Waals surface area contributed by atoms with E-state index in [9.17, 15) is 5.11 Å². The Morgan fingerprint density at radius 2 is 1.79 bits per heavy atom. The van der Waals surface area contributed by atoms with Crippen LogP contribution in [0, 0.1) is 0 Å². The maximum atomic E-state index is 10.1. The standard InChI is InChI=1S/C16H24N2O/c19-16-6-9-17-12-15(16)18-10-7-14(8-11-18)13-4-2-1-3-5-13/h1-5,14-17,19H,6-12H2/t15-,16+/m1/s1. The van der Waals surface area contributed by atoms with Crippen molar-refractivity contribution in [2.75, 3.05) is 26.2 Å². The summed E-state index contributed by atoms with van der Waals surface area (Å²) < 4.78 is 0. The second-order valence-corrected chi connectivity index (χ2v) is 5.85. The van der Waals surface area contributed by atoms with E-state index >= 15 is 0 Å². The SMILES string of the molecule is O[C@H]1CCNC[C@H]1N1CCC(c2ccccc2)CC1. The average molecular weight is 260 g/mol. The Morgan fingerprint density at radius 1 is 1.05 bits per heavy atom. The molecular formula is C16H24N2O. The minimum absolute atomic E-state index is 0.144. The summed E-state index contributed by atoms with van der Waals surface area (Å²) in [5, 5.41) is 13.5. The molecule has 2 N–H and O–H groups in total. The molecule has 1 aromatic carbocycles. The summed E-state index contributed by atoms with van der Waals surface area (Å²) in [7, 11) is 0. The lowest BCUT2D eigenvalue weighted by Crippen LogP contribution is -2.55. The first-order chi connectivity index (χ1) is 9.34. The second-order valence-electron chi connectivity index (χ2n) is 5.85. The van der Waals surface area contributed by atoms with Crippen LogP contribution in [0.15, 0.2) is 30.3 Å². The van der Waals surface area contributed by atoms with Gasteiger partial charge in [-0.2, -0.15) is 0 Å². The quantitative estimate of drug-likeness (QED) is 0.847. The van der Waals surface area contributed by atoms with Crippen LogP contribution in [0.4, 0.5) is 0 Å². The van der Waals surface area contributed by atoms with Gasteiger partial charge in [0.2, 0.25) is 0 Å². The summed E-state index contributed by atoms with van der Waals surface area (Å²) in [5.41, 5.74) is 1.48. The van der Waals surface area contributed by atoms with Crippen LogP contribution in [0.25, 0.3) is 0 Å².